The molecule has 0 saturated carbocycles. The Hall–Kier alpha value is -3.78. The fraction of sp³-hybridized carbons (Fsp3) is 0.394. The zero-order valence-electron chi connectivity index (χ0n) is 25.4. The summed E-state index contributed by atoms with van der Waals surface area (Å²) in [5, 5.41) is 20.8. The van der Waals surface area contributed by atoms with E-state index in [2.05, 4.69) is 0 Å². The van der Waals surface area contributed by atoms with Crippen LogP contribution in [0.1, 0.15) is 72.2 Å². The van der Waals surface area contributed by atoms with Crippen LogP contribution in [-0.2, 0) is 51.9 Å². The molecule has 0 radical (unpaired) electrons. The molecule has 2 N–H and O–H groups in total. The molecule has 0 bridgehead atoms. The average Bonchev–Trinajstić information content (AvgIpc) is 2.96. The molecule has 2 unspecified atom stereocenters. The minimum Gasteiger partial charge on any atom is -0.376 e. The van der Waals surface area contributed by atoms with Gasteiger partial charge in [-0.15, -0.1) is 0 Å². The van der Waals surface area contributed by atoms with E-state index in [-0.39, 0.29) is 29.5 Å². The van der Waals surface area contributed by atoms with E-state index in [4.69, 9.17) is 0 Å². The summed E-state index contributed by atoms with van der Waals surface area (Å²) in [6.45, 7) is 3.03. The molecule has 0 spiro atoms. The van der Waals surface area contributed by atoms with Crippen LogP contribution in [0.3, 0.4) is 0 Å². The summed E-state index contributed by atoms with van der Waals surface area (Å²) in [5.41, 5.74) is -10.7. The maximum atomic E-state index is 15.1. The van der Waals surface area contributed by atoms with Crippen LogP contribution in [0.25, 0.3) is 0 Å². The average molecular weight is 681 g/mol. The summed E-state index contributed by atoms with van der Waals surface area (Å²) < 4.78 is 141. The molecule has 47 heavy (non-hydrogen) atoms. The smallest absolute Gasteiger partial charge is 0.376 e. The Balaban J connectivity index is 2.03. The van der Waals surface area contributed by atoms with Gasteiger partial charge in [0.1, 0.15) is 0 Å². The number of carbonyl (C=O) groups excluding carboxylic acids is 2. The van der Waals surface area contributed by atoms with Crippen molar-refractivity contribution >= 4 is 11.6 Å². The van der Waals surface area contributed by atoms with Crippen LogP contribution in [-0.4, -0.2) is 34.1 Å². The number of aliphatic hydroxyl groups is 2. The highest BCUT2D eigenvalue weighted by atomic mass is 19.4. The summed E-state index contributed by atoms with van der Waals surface area (Å²) in [6, 6.07) is 8.58. The van der Waals surface area contributed by atoms with Gasteiger partial charge in [-0.2, -0.15) is 43.9 Å². The number of hydrogen-bond acceptors (Lipinski definition) is 4. The number of ketones is 2. The SMILES string of the molecule is CCc1ccc(Cc2ccc(CC(=O)C(F)(F)c3ccc(C(F)(F)C(C)=O)cc3)c(C(C)(O)C(F)(F)F)c2)cc1C(C)(O)C(F)(F)F. The molecule has 4 nitrogen and oxygen atoms in total. The van der Waals surface area contributed by atoms with Crippen LogP contribution in [0.15, 0.2) is 60.7 Å². The Morgan fingerprint density at radius 2 is 1.00 bits per heavy atom. The lowest BCUT2D eigenvalue weighted by Crippen LogP contribution is -2.40. The van der Waals surface area contributed by atoms with Crippen LogP contribution in [0.5, 0.6) is 0 Å². The van der Waals surface area contributed by atoms with E-state index in [1.165, 1.54) is 12.1 Å². The summed E-state index contributed by atoms with van der Waals surface area (Å²) in [7, 11) is 0. The number of Topliss-reactive ketones (excluding diaryl/α,β-unsaturated/α-hetero) is 2. The van der Waals surface area contributed by atoms with Crippen molar-refractivity contribution in [2.24, 2.45) is 0 Å². The number of hydrogen-bond donors (Lipinski definition) is 2. The molecule has 3 aromatic rings. The van der Waals surface area contributed by atoms with Crippen molar-refractivity contribution in [3.8, 4) is 0 Å². The molecule has 0 aliphatic heterocycles. The van der Waals surface area contributed by atoms with Crippen molar-refractivity contribution in [3.63, 3.8) is 0 Å². The topological polar surface area (TPSA) is 74.6 Å². The van der Waals surface area contributed by atoms with Crippen LogP contribution < -0.4 is 0 Å². The molecule has 14 heteroatoms. The molecule has 3 aromatic carbocycles. The van der Waals surface area contributed by atoms with Crippen LogP contribution >= 0.6 is 0 Å². The van der Waals surface area contributed by atoms with Gasteiger partial charge in [0.05, 0.1) is 0 Å². The fourth-order valence-corrected chi connectivity index (χ4v) is 4.91. The number of benzene rings is 3. The number of carbonyl (C=O) groups is 2. The third kappa shape index (κ3) is 7.38. The summed E-state index contributed by atoms with van der Waals surface area (Å²) in [5.74, 6) is -11.9. The van der Waals surface area contributed by atoms with Gasteiger partial charge in [-0.3, -0.25) is 9.59 Å². The number of alkyl halides is 10. The second-order valence-corrected chi connectivity index (χ2v) is 11.5. The number of aryl methyl sites for hydroxylation is 1. The van der Waals surface area contributed by atoms with Crippen molar-refractivity contribution in [1.29, 1.82) is 0 Å². The quantitative estimate of drug-likeness (QED) is 0.202. The number of rotatable bonds is 11. The standard InChI is InChI=1S/C33H30F10O4/c1-5-21-8-6-19(15-25(21)28(3,46)32(38,39)40)14-20-7-9-22(26(16-20)29(4,47)33(41,42)43)17-27(45)31(36,37)24-12-10-23(11-13-24)30(34,35)18(2)44/h6-13,15-16,46-47H,5,14,17H2,1-4H3. The highest BCUT2D eigenvalue weighted by Gasteiger charge is 2.53. The monoisotopic (exact) mass is 680 g/mol. The predicted molar refractivity (Wildman–Crippen MR) is 150 cm³/mol. The minimum absolute atomic E-state index is 0.00341. The molecule has 0 aliphatic carbocycles. The lowest BCUT2D eigenvalue weighted by Gasteiger charge is -2.30. The van der Waals surface area contributed by atoms with Crippen molar-refractivity contribution in [2.45, 2.75) is 82.4 Å². The van der Waals surface area contributed by atoms with Gasteiger partial charge in [0.15, 0.2) is 11.2 Å². The summed E-state index contributed by atoms with van der Waals surface area (Å²) in [6.07, 6.45) is -12.0. The van der Waals surface area contributed by atoms with Gasteiger partial charge in [0.2, 0.25) is 11.6 Å². The minimum atomic E-state index is -5.37. The molecule has 3 rings (SSSR count). The van der Waals surface area contributed by atoms with Crippen LogP contribution in [0, 0.1) is 0 Å². The van der Waals surface area contributed by atoms with Gasteiger partial charge in [-0.25, -0.2) is 0 Å². The molecule has 0 amide bonds. The number of halogens is 10. The first-order valence-electron chi connectivity index (χ1n) is 14.0. The van der Waals surface area contributed by atoms with E-state index < -0.39 is 81.2 Å². The van der Waals surface area contributed by atoms with Crippen LogP contribution in [0.2, 0.25) is 0 Å². The lowest BCUT2D eigenvalue weighted by molar-refractivity contribution is -0.259. The Bertz CT molecular complexity index is 1640. The lowest BCUT2D eigenvalue weighted by atomic mass is 9.84. The second kappa shape index (κ2) is 12.7. The summed E-state index contributed by atoms with van der Waals surface area (Å²) in [4.78, 5) is 24.0. The zero-order valence-corrected chi connectivity index (χ0v) is 25.4. The first kappa shape index (κ1) is 37.7. The molecule has 2 atom stereocenters. The van der Waals surface area contributed by atoms with Gasteiger partial charge in [-0.05, 0) is 60.1 Å². The Morgan fingerprint density at radius 3 is 1.38 bits per heavy atom. The Labute approximate surface area is 263 Å². The van der Waals surface area contributed by atoms with Crippen molar-refractivity contribution in [1.82, 2.24) is 0 Å². The molecule has 256 valence electrons. The molecule has 0 saturated heterocycles. The van der Waals surface area contributed by atoms with E-state index in [0.29, 0.717) is 45.0 Å². The molecular weight excluding hydrogens is 650 g/mol. The first-order chi connectivity index (χ1) is 21.3. The highest BCUT2D eigenvalue weighted by molar-refractivity contribution is 5.89. The van der Waals surface area contributed by atoms with Gasteiger partial charge >= 0.3 is 24.2 Å². The third-order valence-corrected chi connectivity index (χ3v) is 8.04. The van der Waals surface area contributed by atoms with Gasteiger partial charge in [-0.1, -0.05) is 67.6 Å². The molecular formula is C33H30F10O4. The van der Waals surface area contributed by atoms with E-state index in [1.54, 1.807) is 6.92 Å². The maximum absolute atomic E-state index is 15.1. The van der Waals surface area contributed by atoms with E-state index >= 15 is 8.78 Å². The predicted octanol–water partition coefficient (Wildman–Crippen LogP) is 7.96. The third-order valence-electron chi connectivity index (χ3n) is 8.04. The normalized spacial score (nSPS) is 15.6. The van der Waals surface area contributed by atoms with Crippen LogP contribution in [0.4, 0.5) is 43.9 Å². The molecule has 0 fully saturated rings. The van der Waals surface area contributed by atoms with E-state index in [9.17, 15) is 54.9 Å². The first-order valence-corrected chi connectivity index (χ1v) is 14.0. The van der Waals surface area contributed by atoms with Crippen molar-refractivity contribution < 1.29 is 63.7 Å². The largest absolute Gasteiger partial charge is 0.421 e. The van der Waals surface area contributed by atoms with Crippen molar-refractivity contribution in [3.05, 3.63) is 105 Å². The van der Waals surface area contributed by atoms with E-state index in [1.807, 2.05) is 0 Å². The Kier molecular flexibility index (Phi) is 10.2. The van der Waals surface area contributed by atoms with Crippen molar-refractivity contribution in [2.75, 3.05) is 0 Å². The molecule has 0 aliphatic rings. The van der Waals surface area contributed by atoms with E-state index in [0.717, 1.165) is 24.3 Å². The van der Waals surface area contributed by atoms with Gasteiger partial charge < -0.3 is 10.2 Å². The molecule has 0 aromatic heterocycles. The zero-order chi connectivity index (χ0) is 36.0. The highest BCUT2D eigenvalue weighted by Crippen LogP contribution is 2.43. The van der Waals surface area contributed by atoms with Gasteiger partial charge in [0.25, 0.3) is 0 Å². The second-order valence-electron chi connectivity index (χ2n) is 11.5. The maximum Gasteiger partial charge on any atom is 0.421 e. The fourth-order valence-electron chi connectivity index (χ4n) is 4.91. The Morgan fingerprint density at radius 1 is 0.617 bits per heavy atom. The molecule has 0 heterocycles. The van der Waals surface area contributed by atoms with Gasteiger partial charge in [0, 0.05) is 24.5 Å². The summed E-state index contributed by atoms with van der Waals surface area (Å²) >= 11 is 0.